The van der Waals surface area contributed by atoms with Crippen molar-refractivity contribution in [2.45, 2.75) is 32.6 Å². The number of aliphatic carboxylic acids is 1. The predicted molar refractivity (Wildman–Crippen MR) is 99.7 cm³/mol. The van der Waals surface area contributed by atoms with Gasteiger partial charge in [0.1, 0.15) is 5.82 Å². The van der Waals surface area contributed by atoms with Gasteiger partial charge in [-0.1, -0.05) is 0 Å². The Kier molecular flexibility index (Phi) is 3.51. The molecule has 0 radical (unpaired) electrons. The van der Waals surface area contributed by atoms with E-state index in [4.69, 9.17) is 9.72 Å². The van der Waals surface area contributed by atoms with Crippen molar-refractivity contribution in [3.8, 4) is 0 Å². The molecule has 2 aromatic rings. The van der Waals surface area contributed by atoms with Crippen LogP contribution in [0.1, 0.15) is 29.5 Å². The normalized spacial score (nSPS) is 27.6. The summed E-state index contributed by atoms with van der Waals surface area (Å²) in [5.74, 6) is 0.248. The van der Waals surface area contributed by atoms with Crippen molar-refractivity contribution in [2.24, 2.45) is 11.3 Å². The molecule has 5 heteroatoms. The molecule has 0 spiro atoms. The summed E-state index contributed by atoms with van der Waals surface area (Å²) >= 11 is 0. The number of rotatable bonds is 2. The summed E-state index contributed by atoms with van der Waals surface area (Å²) in [5, 5.41) is 11.1. The van der Waals surface area contributed by atoms with Crippen molar-refractivity contribution in [1.29, 1.82) is 0 Å². The largest absolute Gasteiger partial charge is 0.481 e. The third-order valence-corrected chi connectivity index (χ3v) is 6.67. The van der Waals surface area contributed by atoms with Crippen LogP contribution in [-0.4, -0.2) is 42.4 Å². The lowest BCUT2D eigenvalue weighted by molar-refractivity contribution is -0.157. The summed E-state index contributed by atoms with van der Waals surface area (Å²) in [7, 11) is 0. The molecule has 1 N–H and O–H groups in total. The molecule has 0 unspecified atom stereocenters. The fourth-order valence-electron chi connectivity index (χ4n) is 5.08. The van der Waals surface area contributed by atoms with E-state index in [9.17, 15) is 9.90 Å². The van der Waals surface area contributed by atoms with Crippen LogP contribution in [0, 0.1) is 18.3 Å². The highest BCUT2D eigenvalue weighted by Crippen LogP contribution is 2.44. The molecule has 5 nitrogen and oxygen atoms in total. The Morgan fingerprint density at radius 3 is 2.88 bits per heavy atom. The van der Waals surface area contributed by atoms with Gasteiger partial charge in [0, 0.05) is 31.0 Å². The lowest BCUT2D eigenvalue weighted by atomic mass is 9.74. The van der Waals surface area contributed by atoms with E-state index in [1.165, 1.54) is 34.9 Å². The molecule has 1 aliphatic carbocycles. The Morgan fingerprint density at radius 2 is 2.12 bits per heavy atom. The van der Waals surface area contributed by atoms with E-state index in [1.807, 2.05) is 0 Å². The van der Waals surface area contributed by atoms with Gasteiger partial charge in [-0.05, 0) is 67.5 Å². The van der Waals surface area contributed by atoms with Crippen LogP contribution in [0.25, 0.3) is 10.9 Å². The Bertz CT molecular complexity index is 910. The third kappa shape index (κ3) is 2.26. The van der Waals surface area contributed by atoms with Gasteiger partial charge in [0.2, 0.25) is 0 Å². The van der Waals surface area contributed by atoms with Crippen molar-refractivity contribution >= 4 is 22.7 Å². The summed E-state index contributed by atoms with van der Waals surface area (Å²) in [6.45, 7) is 4.43. The van der Waals surface area contributed by atoms with Crippen LogP contribution in [0.3, 0.4) is 0 Å². The molecular formula is C21H24N2O3. The molecule has 0 bridgehead atoms. The molecule has 1 aromatic heterocycles. The van der Waals surface area contributed by atoms with E-state index < -0.39 is 11.4 Å². The fraction of sp³-hybridized carbons (Fsp3) is 0.524. The fourth-order valence-corrected chi connectivity index (χ4v) is 5.08. The molecule has 2 saturated heterocycles. The Labute approximate surface area is 153 Å². The molecule has 2 atom stereocenters. The smallest absolute Gasteiger partial charge is 0.311 e. The van der Waals surface area contributed by atoms with Crippen molar-refractivity contribution in [1.82, 2.24) is 4.98 Å². The van der Waals surface area contributed by atoms with Gasteiger partial charge in [0.15, 0.2) is 0 Å². The molecule has 3 aliphatic rings. The van der Waals surface area contributed by atoms with E-state index in [-0.39, 0.29) is 5.92 Å². The third-order valence-electron chi connectivity index (χ3n) is 6.67. The second-order valence-corrected chi connectivity index (χ2v) is 8.15. The Morgan fingerprint density at radius 1 is 1.31 bits per heavy atom. The van der Waals surface area contributed by atoms with Crippen LogP contribution in [0.4, 0.5) is 5.82 Å². The summed E-state index contributed by atoms with van der Waals surface area (Å²) in [4.78, 5) is 19.1. The van der Waals surface area contributed by atoms with Crippen molar-refractivity contribution in [3.63, 3.8) is 0 Å². The number of ether oxygens (including phenoxy) is 1. The number of carboxylic acid groups (broad SMARTS) is 1. The minimum Gasteiger partial charge on any atom is -0.481 e. The van der Waals surface area contributed by atoms with Crippen molar-refractivity contribution in [3.05, 3.63) is 34.9 Å². The van der Waals surface area contributed by atoms with E-state index in [0.29, 0.717) is 32.7 Å². The van der Waals surface area contributed by atoms with Crippen molar-refractivity contribution < 1.29 is 14.6 Å². The van der Waals surface area contributed by atoms with E-state index >= 15 is 0 Å². The predicted octanol–water partition coefficient (Wildman–Crippen LogP) is 2.96. The Balaban J connectivity index is 1.55. The summed E-state index contributed by atoms with van der Waals surface area (Å²) in [5.41, 5.74) is 4.45. The molecule has 26 heavy (non-hydrogen) atoms. The van der Waals surface area contributed by atoms with Gasteiger partial charge in [-0.15, -0.1) is 0 Å². The maximum atomic E-state index is 12.0. The van der Waals surface area contributed by atoms with Crippen LogP contribution in [0.5, 0.6) is 0 Å². The number of hydrogen-bond donors (Lipinski definition) is 1. The van der Waals surface area contributed by atoms with E-state index in [1.54, 1.807) is 0 Å². The monoisotopic (exact) mass is 352 g/mol. The molecule has 2 aliphatic heterocycles. The molecule has 5 rings (SSSR count). The topological polar surface area (TPSA) is 62.7 Å². The summed E-state index contributed by atoms with van der Waals surface area (Å²) < 4.78 is 5.58. The number of hydrogen-bond acceptors (Lipinski definition) is 4. The van der Waals surface area contributed by atoms with Gasteiger partial charge in [-0.25, -0.2) is 4.98 Å². The lowest BCUT2D eigenvalue weighted by Crippen LogP contribution is -2.44. The molecular weight excluding hydrogens is 328 g/mol. The van der Waals surface area contributed by atoms with Crippen LogP contribution in [0.15, 0.2) is 18.2 Å². The SMILES string of the molecule is Cc1cc(N2C[C@@H]3COCC[C@]3(C(=O)O)C2)nc2cc3c(cc12)CCC3. The zero-order valence-electron chi connectivity index (χ0n) is 15.1. The Hall–Kier alpha value is -2.14. The highest BCUT2D eigenvalue weighted by Gasteiger charge is 2.54. The van der Waals surface area contributed by atoms with Gasteiger partial charge in [-0.3, -0.25) is 4.79 Å². The number of nitrogens with zero attached hydrogens (tertiary/aromatic N) is 2. The first-order chi connectivity index (χ1) is 12.6. The molecule has 3 heterocycles. The van der Waals surface area contributed by atoms with E-state index in [2.05, 4.69) is 30.0 Å². The number of fused-ring (bicyclic) bond motifs is 3. The van der Waals surface area contributed by atoms with E-state index in [0.717, 1.165) is 17.8 Å². The molecule has 1 aromatic carbocycles. The number of anilines is 1. The first-order valence-electron chi connectivity index (χ1n) is 9.56. The minimum absolute atomic E-state index is 0.0339. The first-order valence-corrected chi connectivity index (χ1v) is 9.56. The number of pyridine rings is 1. The summed E-state index contributed by atoms with van der Waals surface area (Å²) in [6.07, 6.45) is 4.12. The standard InChI is InChI=1S/C21H24N2O3/c1-13-7-19(22-18-9-15-4-2-3-14(15)8-17(13)18)23-10-16-11-26-6-5-21(16,12-23)20(24)25/h7-9,16H,2-6,10-12H2,1H3,(H,24,25)/t16-,21+/m1/s1. The van der Waals surface area contributed by atoms with Crippen LogP contribution in [0.2, 0.25) is 0 Å². The lowest BCUT2D eigenvalue weighted by Gasteiger charge is -2.33. The second-order valence-electron chi connectivity index (χ2n) is 8.15. The summed E-state index contributed by atoms with van der Waals surface area (Å²) in [6, 6.07) is 6.67. The molecule has 136 valence electrons. The maximum Gasteiger partial charge on any atom is 0.311 e. The number of carbonyl (C=O) groups is 1. The number of benzene rings is 1. The molecule has 0 amide bonds. The zero-order chi connectivity index (χ0) is 17.9. The van der Waals surface area contributed by atoms with Crippen LogP contribution >= 0.6 is 0 Å². The van der Waals surface area contributed by atoms with Gasteiger partial charge >= 0.3 is 5.97 Å². The average Bonchev–Trinajstić information content (AvgIpc) is 3.24. The van der Waals surface area contributed by atoms with Crippen molar-refractivity contribution in [2.75, 3.05) is 31.2 Å². The minimum atomic E-state index is -0.694. The highest BCUT2D eigenvalue weighted by atomic mass is 16.5. The first kappa shape index (κ1) is 16.1. The number of aromatic nitrogens is 1. The van der Waals surface area contributed by atoms with Crippen LogP contribution in [-0.2, 0) is 22.4 Å². The number of aryl methyl sites for hydroxylation is 3. The highest BCUT2D eigenvalue weighted by molar-refractivity contribution is 5.86. The van der Waals surface area contributed by atoms with Crippen LogP contribution < -0.4 is 4.90 Å². The molecule has 0 saturated carbocycles. The van der Waals surface area contributed by atoms with Gasteiger partial charge in [0.25, 0.3) is 0 Å². The second kappa shape index (κ2) is 5.68. The van der Waals surface area contributed by atoms with Gasteiger partial charge in [-0.2, -0.15) is 0 Å². The number of carboxylic acids is 1. The quantitative estimate of drug-likeness (QED) is 0.900. The average molecular weight is 352 g/mol. The van der Waals surface area contributed by atoms with Gasteiger partial charge in [0.05, 0.1) is 17.5 Å². The molecule has 2 fully saturated rings. The maximum absolute atomic E-state index is 12.0. The zero-order valence-corrected chi connectivity index (χ0v) is 15.1. The van der Waals surface area contributed by atoms with Gasteiger partial charge < -0.3 is 14.7 Å².